The van der Waals surface area contributed by atoms with E-state index in [4.69, 9.17) is 0 Å². The maximum atomic E-state index is 4.56. The quantitative estimate of drug-likeness (QED) is 0.370. The SMILES string of the molecule is Brc1cnc(Nc2ccc(Cc3ccncc3)cc2)nc1NCCc1c[nH]cn1. The Morgan fingerprint density at radius 2 is 1.76 bits per heavy atom. The Bertz CT molecular complexity index is 1030. The number of pyridine rings is 1. The fourth-order valence-electron chi connectivity index (χ4n) is 2.86. The Morgan fingerprint density at radius 1 is 0.966 bits per heavy atom. The van der Waals surface area contributed by atoms with Gasteiger partial charge in [0.2, 0.25) is 5.95 Å². The van der Waals surface area contributed by atoms with Crippen molar-refractivity contribution < 1.29 is 0 Å². The van der Waals surface area contributed by atoms with Gasteiger partial charge in [0.05, 0.1) is 16.5 Å². The normalized spacial score (nSPS) is 10.7. The fourth-order valence-corrected chi connectivity index (χ4v) is 3.19. The Balaban J connectivity index is 1.37. The monoisotopic (exact) mass is 449 g/mol. The van der Waals surface area contributed by atoms with Gasteiger partial charge in [0, 0.05) is 43.4 Å². The van der Waals surface area contributed by atoms with Gasteiger partial charge in [0.1, 0.15) is 5.82 Å². The molecule has 0 saturated heterocycles. The number of H-pyrrole nitrogens is 1. The maximum absolute atomic E-state index is 4.56. The van der Waals surface area contributed by atoms with Crippen LogP contribution in [0.4, 0.5) is 17.5 Å². The summed E-state index contributed by atoms with van der Waals surface area (Å²) in [6.07, 6.45) is 10.6. The third kappa shape index (κ3) is 5.39. The van der Waals surface area contributed by atoms with Gasteiger partial charge in [-0.25, -0.2) is 9.97 Å². The van der Waals surface area contributed by atoms with Crippen molar-refractivity contribution in [2.45, 2.75) is 12.8 Å². The fraction of sp³-hybridized carbons (Fsp3) is 0.143. The first-order valence-electron chi connectivity index (χ1n) is 9.25. The van der Waals surface area contributed by atoms with Crippen LogP contribution in [-0.2, 0) is 12.8 Å². The van der Waals surface area contributed by atoms with Gasteiger partial charge in [-0.15, -0.1) is 0 Å². The van der Waals surface area contributed by atoms with Gasteiger partial charge in [0.15, 0.2) is 0 Å². The van der Waals surface area contributed by atoms with Crippen molar-refractivity contribution in [2.75, 3.05) is 17.2 Å². The Labute approximate surface area is 177 Å². The Kier molecular flexibility index (Phi) is 6.11. The van der Waals surface area contributed by atoms with E-state index in [0.29, 0.717) is 5.95 Å². The van der Waals surface area contributed by atoms with Crippen LogP contribution in [0.15, 0.2) is 72.0 Å². The van der Waals surface area contributed by atoms with E-state index in [1.165, 1.54) is 11.1 Å². The first-order chi connectivity index (χ1) is 14.3. The van der Waals surface area contributed by atoms with Crippen LogP contribution in [0.3, 0.4) is 0 Å². The first-order valence-corrected chi connectivity index (χ1v) is 10.0. The number of benzene rings is 1. The van der Waals surface area contributed by atoms with Crippen LogP contribution in [0.1, 0.15) is 16.8 Å². The molecular weight excluding hydrogens is 430 g/mol. The van der Waals surface area contributed by atoms with Crippen LogP contribution in [0.5, 0.6) is 0 Å². The highest BCUT2D eigenvalue weighted by atomic mass is 79.9. The van der Waals surface area contributed by atoms with E-state index in [0.717, 1.165) is 41.1 Å². The molecule has 1 aromatic carbocycles. The standard InChI is InChI=1S/C21H20BrN7/c22-19-13-26-21(29-20(19)25-10-7-18-12-24-14-27-18)28-17-3-1-15(2-4-17)11-16-5-8-23-9-6-16/h1-6,8-9,12-14H,7,10-11H2,(H,24,27)(H2,25,26,28,29). The highest BCUT2D eigenvalue weighted by Gasteiger charge is 2.06. The topological polar surface area (TPSA) is 91.4 Å². The van der Waals surface area contributed by atoms with Crippen molar-refractivity contribution >= 4 is 33.4 Å². The van der Waals surface area contributed by atoms with Crippen LogP contribution < -0.4 is 10.6 Å². The molecule has 3 N–H and O–H groups in total. The molecule has 29 heavy (non-hydrogen) atoms. The number of aromatic amines is 1. The number of hydrogen-bond acceptors (Lipinski definition) is 6. The van der Waals surface area contributed by atoms with Crippen molar-refractivity contribution in [2.24, 2.45) is 0 Å². The van der Waals surface area contributed by atoms with Crippen LogP contribution in [-0.4, -0.2) is 31.5 Å². The molecule has 0 spiro atoms. The number of rotatable bonds is 8. The van der Waals surface area contributed by atoms with Gasteiger partial charge in [-0.05, 0) is 57.7 Å². The summed E-state index contributed by atoms with van der Waals surface area (Å²) >= 11 is 3.49. The Morgan fingerprint density at radius 3 is 2.52 bits per heavy atom. The minimum Gasteiger partial charge on any atom is -0.369 e. The molecule has 3 aromatic heterocycles. The molecule has 0 amide bonds. The van der Waals surface area contributed by atoms with E-state index in [9.17, 15) is 0 Å². The van der Waals surface area contributed by atoms with Gasteiger partial charge < -0.3 is 15.6 Å². The second-order valence-electron chi connectivity index (χ2n) is 6.48. The van der Waals surface area contributed by atoms with E-state index < -0.39 is 0 Å². The molecule has 0 radical (unpaired) electrons. The van der Waals surface area contributed by atoms with Crippen LogP contribution in [0.25, 0.3) is 0 Å². The smallest absolute Gasteiger partial charge is 0.229 e. The second kappa shape index (κ2) is 9.29. The molecule has 4 rings (SSSR count). The molecule has 3 heterocycles. The zero-order valence-electron chi connectivity index (χ0n) is 15.6. The molecule has 0 aliphatic carbocycles. The lowest BCUT2D eigenvalue weighted by Crippen LogP contribution is -2.09. The summed E-state index contributed by atoms with van der Waals surface area (Å²) in [7, 11) is 0. The van der Waals surface area contributed by atoms with E-state index >= 15 is 0 Å². The summed E-state index contributed by atoms with van der Waals surface area (Å²) in [5.74, 6) is 1.28. The molecule has 8 heteroatoms. The highest BCUT2D eigenvalue weighted by molar-refractivity contribution is 9.10. The number of halogens is 1. The largest absolute Gasteiger partial charge is 0.369 e. The number of aromatic nitrogens is 5. The number of imidazole rings is 1. The summed E-state index contributed by atoms with van der Waals surface area (Å²) in [4.78, 5) is 20.1. The molecule has 0 bridgehead atoms. The van der Waals surface area contributed by atoms with Crippen LogP contribution in [0.2, 0.25) is 0 Å². The summed E-state index contributed by atoms with van der Waals surface area (Å²) in [6, 6.07) is 12.3. The summed E-state index contributed by atoms with van der Waals surface area (Å²) < 4.78 is 0.817. The summed E-state index contributed by atoms with van der Waals surface area (Å²) in [5, 5.41) is 6.57. The number of nitrogens with zero attached hydrogens (tertiary/aromatic N) is 4. The minimum atomic E-state index is 0.539. The zero-order valence-corrected chi connectivity index (χ0v) is 17.2. The van der Waals surface area contributed by atoms with Crippen molar-refractivity contribution in [1.82, 2.24) is 24.9 Å². The van der Waals surface area contributed by atoms with E-state index in [-0.39, 0.29) is 0 Å². The average molecular weight is 450 g/mol. The highest BCUT2D eigenvalue weighted by Crippen LogP contribution is 2.22. The third-order valence-electron chi connectivity index (χ3n) is 4.34. The molecule has 146 valence electrons. The van der Waals surface area contributed by atoms with Crippen LogP contribution >= 0.6 is 15.9 Å². The molecular formula is C21H20BrN7. The number of hydrogen-bond donors (Lipinski definition) is 3. The van der Waals surface area contributed by atoms with E-state index in [1.807, 2.05) is 42.9 Å². The predicted octanol–water partition coefficient (Wildman–Crippen LogP) is 4.35. The minimum absolute atomic E-state index is 0.539. The maximum Gasteiger partial charge on any atom is 0.229 e. The molecule has 0 unspecified atom stereocenters. The molecule has 0 atom stereocenters. The lowest BCUT2D eigenvalue weighted by molar-refractivity contribution is 0.962. The number of nitrogens with one attached hydrogen (secondary N) is 3. The molecule has 4 aromatic rings. The molecule has 0 aliphatic rings. The molecule has 0 aliphatic heterocycles. The van der Waals surface area contributed by atoms with Gasteiger partial charge in [0.25, 0.3) is 0 Å². The molecule has 0 fully saturated rings. The third-order valence-corrected chi connectivity index (χ3v) is 4.92. The van der Waals surface area contributed by atoms with Crippen molar-refractivity contribution in [1.29, 1.82) is 0 Å². The lowest BCUT2D eigenvalue weighted by atomic mass is 10.1. The summed E-state index contributed by atoms with van der Waals surface area (Å²) in [5.41, 5.74) is 4.42. The van der Waals surface area contributed by atoms with E-state index in [1.54, 1.807) is 12.5 Å². The second-order valence-corrected chi connectivity index (χ2v) is 7.34. The van der Waals surface area contributed by atoms with Crippen molar-refractivity contribution in [3.8, 4) is 0 Å². The van der Waals surface area contributed by atoms with Crippen molar-refractivity contribution in [3.63, 3.8) is 0 Å². The van der Waals surface area contributed by atoms with Gasteiger partial charge in [-0.2, -0.15) is 4.98 Å². The molecule has 7 nitrogen and oxygen atoms in total. The first kappa shape index (κ1) is 19.1. The van der Waals surface area contributed by atoms with Crippen LogP contribution in [0, 0.1) is 0 Å². The Hall–Kier alpha value is -3.26. The van der Waals surface area contributed by atoms with E-state index in [2.05, 4.69) is 63.6 Å². The summed E-state index contributed by atoms with van der Waals surface area (Å²) in [6.45, 7) is 0.726. The predicted molar refractivity (Wildman–Crippen MR) is 117 cm³/mol. The zero-order chi connectivity index (χ0) is 19.9. The number of anilines is 3. The van der Waals surface area contributed by atoms with Gasteiger partial charge in [-0.3, -0.25) is 4.98 Å². The van der Waals surface area contributed by atoms with Crippen molar-refractivity contribution in [3.05, 3.63) is 88.8 Å². The lowest BCUT2D eigenvalue weighted by Gasteiger charge is -2.10. The molecule has 0 saturated carbocycles. The van der Waals surface area contributed by atoms with Gasteiger partial charge in [-0.1, -0.05) is 12.1 Å². The average Bonchev–Trinajstić information content (AvgIpc) is 3.26. The van der Waals surface area contributed by atoms with Gasteiger partial charge >= 0.3 is 0 Å².